The summed E-state index contributed by atoms with van der Waals surface area (Å²) in [5.74, 6) is -4.70. The molecule has 3 aromatic carbocycles. The molecule has 6 fully saturated rings. The second kappa shape index (κ2) is 25.6. The highest BCUT2D eigenvalue weighted by atomic mass is 19.4. The Morgan fingerprint density at radius 1 is 0.427 bits per heavy atom. The fraction of sp³-hybridized carbons (Fsp3) is 0.408. The number of hydrogen-bond acceptors (Lipinski definition) is 12. The van der Waals surface area contributed by atoms with Gasteiger partial charge in [-0.25, -0.2) is 23.7 Å². The van der Waals surface area contributed by atoms with Gasteiger partial charge >= 0.3 is 12.4 Å². The summed E-state index contributed by atoms with van der Waals surface area (Å²) in [6, 6.07) is 25.3. The molecular weight excluding hydrogens is 1240 g/mol. The Kier molecular flexibility index (Phi) is 17.6. The van der Waals surface area contributed by atoms with Gasteiger partial charge in [-0.1, -0.05) is 85.0 Å². The highest BCUT2D eigenvalue weighted by Gasteiger charge is 2.46. The molecular formula is C76H72F8N6O6. The lowest BCUT2D eigenvalue weighted by molar-refractivity contribution is -0.142. The Labute approximate surface area is 551 Å². The summed E-state index contributed by atoms with van der Waals surface area (Å²) in [5, 5.41) is 0. The van der Waals surface area contributed by atoms with Crippen LogP contribution in [0.2, 0.25) is 0 Å². The summed E-state index contributed by atoms with van der Waals surface area (Å²) < 4.78 is 112. The Balaban J connectivity index is 0.000000131. The van der Waals surface area contributed by atoms with Gasteiger partial charge in [-0.2, -0.15) is 26.3 Å². The number of rotatable bonds is 13. The van der Waals surface area contributed by atoms with Gasteiger partial charge in [0.2, 0.25) is 0 Å². The van der Waals surface area contributed by atoms with Crippen LogP contribution in [0.5, 0.6) is 0 Å². The zero-order valence-electron chi connectivity index (χ0n) is 53.7. The van der Waals surface area contributed by atoms with Crippen molar-refractivity contribution in [2.24, 2.45) is 0 Å². The van der Waals surface area contributed by atoms with Gasteiger partial charge in [0.1, 0.15) is 28.8 Å². The van der Waals surface area contributed by atoms with E-state index in [9.17, 15) is 63.9 Å². The number of aromatic nitrogens is 3. The molecule has 6 aliphatic heterocycles. The normalized spacial score (nSPS) is 22.2. The minimum Gasteiger partial charge on any atom is -0.351 e. The maximum absolute atomic E-state index is 14.1. The first-order valence-corrected chi connectivity index (χ1v) is 33.2. The topological polar surface area (TPSA) is 151 Å². The minimum atomic E-state index is -4.79. The zero-order valence-corrected chi connectivity index (χ0v) is 53.7. The third-order valence-electron chi connectivity index (χ3n) is 21.1. The van der Waals surface area contributed by atoms with E-state index >= 15 is 0 Å². The number of pyridine rings is 3. The molecule has 12 nitrogen and oxygen atoms in total. The Hall–Kier alpha value is -8.81. The van der Waals surface area contributed by atoms with Gasteiger partial charge in [0.25, 0.3) is 5.92 Å². The van der Waals surface area contributed by atoms with Crippen LogP contribution in [0.1, 0.15) is 182 Å². The maximum Gasteiger partial charge on any atom is 0.433 e. The average Bonchev–Trinajstić information content (AvgIpc) is 1.28. The van der Waals surface area contributed by atoms with Crippen molar-refractivity contribution < 1.29 is 63.9 Å². The number of benzene rings is 3. The number of anilines is 3. The molecule has 0 radical (unpaired) electrons. The Morgan fingerprint density at radius 3 is 1.11 bits per heavy atom. The lowest BCUT2D eigenvalue weighted by Gasteiger charge is -2.25. The van der Waals surface area contributed by atoms with Crippen molar-refractivity contribution in [1.82, 2.24) is 15.0 Å². The first kappa shape index (κ1) is 65.8. The predicted octanol–water partition coefficient (Wildman–Crippen LogP) is 15.1. The SMILES string of the molecule is CC(F)(F)c1cccc2c1C(=O)C(C(=O)Cc1ccc(N3C4CCC3CC4)nc1C(F)(F)F)=CC2.Cc1cc(N2C3CCC2CC3)ncc1CC(=O)C1=CCc2cccc(C)c2C1=O.Cc1cccc2c1C(=O)C(C(=O)Cc1ccc(N3C4CCC3CC4)nc1C(F)(F)F)=CC2. The lowest BCUT2D eigenvalue weighted by atomic mass is 9.83. The molecule has 0 N–H and O–H groups in total. The molecule has 20 heteroatoms. The van der Waals surface area contributed by atoms with Crippen LogP contribution in [-0.2, 0) is 71.2 Å². The van der Waals surface area contributed by atoms with E-state index in [-0.39, 0.29) is 82.2 Å². The summed E-state index contributed by atoms with van der Waals surface area (Å²) in [6.07, 6.45) is 9.79. The van der Waals surface area contributed by atoms with E-state index in [1.165, 1.54) is 68.2 Å². The summed E-state index contributed by atoms with van der Waals surface area (Å²) in [5.41, 5.74) is 3.50. The number of hydrogen-bond donors (Lipinski definition) is 0. The Morgan fingerprint density at radius 2 is 0.760 bits per heavy atom. The third-order valence-corrected chi connectivity index (χ3v) is 21.1. The molecule has 9 heterocycles. The van der Waals surface area contributed by atoms with Crippen LogP contribution in [0.3, 0.4) is 0 Å². The van der Waals surface area contributed by atoms with E-state index in [0.29, 0.717) is 59.9 Å². The van der Waals surface area contributed by atoms with Crippen LogP contribution in [-0.4, -0.2) is 85.9 Å². The van der Waals surface area contributed by atoms with Gasteiger partial charge in [-0.05, 0) is 185 Å². The second-order valence-corrected chi connectivity index (χ2v) is 27.1. The van der Waals surface area contributed by atoms with Gasteiger partial charge in [-0.15, -0.1) is 0 Å². The van der Waals surface area contributed by atoms with E-state index in [0.717, 1.165) is 96.6 Å². The second-order valence-electron chi connectivity index (χ2n) is 27.1. The molecule has 9 aliphatic rings. The number of carbonyl (C=O) groups excluding carboxylic acids is 6. The van der Waals surface area contributed by atoms with Gasteiger partial charge in [0.05, 0.1) is 16.7 Å². The predicted molar refractivity (Wildman–Crippen MR) is 346 cm³/mol. The number of alkyl halides is 8. The van der Waals surface area contributed by atoms with Crippen molar-refractivity contribution >= 4 is 52.2 Å². The van der Waals surface area contributed by atoms with E-state index < -0.39 is 71.2 Å². The zero-order chi connectivity index (χ0) is 67.9. The summed E-state index contributed by atoms with van der Waals surface area (Å²) >= 11 is 0. The van der Waals surface area contributed by atoms with Crippen LogP contribution in [0.4, 0.5) is 52.6 Å². The van der Waals surface area contributed by atoms with E-state index in [2.05, 4.69) is 20.9 Å². The summed E-state index contributed by atoms with van der Waals surface area (Å²) in [7, 11) is 0. The molecule has 6 bridgehead atoms. The quantitative estimate of drug-likeness (QED) is 0.0799. The van der Waals surface area contributed by atoms with Crippen LogP contribution in [0, 0.1) is 20.8 Å². The van der Waals surface area contributed by atoms with Crippen LogP contribution in [0.25, 0.3) is 0 Å². The average molecular weight is 1320 g/mol. The summed E-state index contributed by atoms with van der Waals surface area (Å²) in [4.78, 5) is 96.8. The Bertz CT molecular complexity index is 4250. The standard InChI is InChI=1S/C26H23F5N2O2.C25H23F3N2O2.C25H26N2O2/c1-25(27,28)19-4-2-3-14-5-11-18(23(35)22(14)19)20(34)13-15-6-12-21(32-24(15)26(29,30)31)33-16-7-8-17(33)10-9-16;1-14-3-2-4-15-5-11-19(23(32)22(14)15)20(31)13-16-6-12-21(29-24(16)25(26,27)28)30-17-7-8-18(30)10-9-17;1-15-4-3-5-17-6-11-21(25(29)24(15)17)22(28)13-18-14-26-23(12-16(18)2)27-19-7-8-20(27)10-9-19/h2-4,6,11-12,16-17H,5,7-10,13H2,1H3;2-4,6,11-12,17-18H,5,7-10,13H2,1H3;3-5,11-12,14,19-20H,6-10,13H2,1-2H3. The molecule has 0 atom stereocenters. The number of allylic oxidation sites excluding steroid dienone is 6. The molecule has 6 aromatic rings. The van der Waals surface area contributed by atoms with Crippen LogP contribution >= 0.6 is 0 Å². The third kappa shape index (κ3) is 12.6. The number of aryl methyl sites for hydroxylation is 3. The highest BCUT2D eigenvalue weighted by molar-refractivity contribution is 6.30. The van der Waals surface area contributed by atoms with Crippen molar-refractivity contribution in [2.75, 3.05) is 14.7 Å². The number of nitrogens with zero attached hydrogens (tertiary/aromatic N) is 6. The lowest BCUT2D eigenvalue weighted by Crippen LogP contribution is -2.30. The van der Waals surface area contributed by atoms with E-state index in [4.69, 9.17) is 4.98 Å². The molecule has 6 saturated heterocycles. The molecule has 0 spiro atoms. The minimum absolute atomic E-state index is 0.0402. The van der Waals surface area contributed by atoms with Crippen molar-refractivity contribution in [3.05, 3.63) is 210 Å². The van der Waals surface area contributed by atoms with Gasteiger partial charge in [0, 0.05) is 90.9 Å². The largest absolute Gasteiger partial charge is 0.433 e. The van der Waals surface area contributed by atoms with Gasteiger partial charge in [0.15, 0.2) is 34.7 Å². The molecule has 96 heavy (non-hydrogen) atoms. The number of Topliss-reactive ketones (excluding diaryl/α,β-unsaturated/α-hetero) is 6. The first-order chi connectivity index (χ1) is 45.7. The molecule has 0 unspecified atom stereocenters. The smallest absolute Gasteiger partial charge is 0.351 e. The number of ketones is 6. The molecule has 0 amide bonds. The molecule has 3 aliphatic carbocycles. The number of carbonyl (C=O) groups is 6. The van der Waals surface area contributed by atoms with E-state index in [1.807, 2.05) is 60.2 Å². The maximum atomic E-state index is 14.1. The molecule has 15 rings (SSSR count). The van der Waals surface area contributed by atoms with Crippen molar-refractivity contribution in [3.8, 4) is 0 Å². The monoisotopic (exact) mass is 1320 g/mol. The van der Waals surface area contributed by atoms with Crippen molar-refractivity contribution in [2.45, 2.75) is 198 Å². The summed E-state index contributed by atoms with van der Waals surface area (Å²) in [6.45, 7) is 6.43. The molecule has 0 saturated carbocycles. The van der Waals surface area contributed by atoms with Gasteiger partial charge in [-0.3, -0.25) is 28.8 Å². The van der Waals surface area contributed by atoms with E-state index in [1.54, 1.807) is 25.1 Å². The first-order valence-electron chi connectivity index (χ1n) is 33.2. The highest BCUT2D eigenvalue weighted by Crippen LogP contribution is 2.46. The molecule has 498 valence electrons. The number of halogens is 8. The molecule has 3 aromatic heterocycles. The van der Waals surface area contributed by atoms with Crippen LogP contribution in [0.15, 0.2) is 126 Å². The van der Waals surface area contributed by atoms with Crippen molar-refractivity contribution in [1.29, 1.82) is 0 Å². The van der Waals surface area contributed by atoms with Crippen LogP contribution < -0.4 is 14.7 Å². The van der Waals surface area contributed by atoms with Gasteiger partial charge < -0.3 is 14.7 Å². The number of fused-ring (bicyclic) bond motifs is 9. The fourth-order valence-electron chi connectivity index (χ4n) is 16.5. The van der Waals surface area contributed by atoms with Crippen molar-refractivity contribution in [3.63, 3.8) is 0 Å². The fourth-order valence-corrected chi connectivity index (χ4v) is 16.5.